The lowest BCUT2D eigenvalue weighted by atomic mass is 10.0. The van der Waals surface area contributed by atoms with Crippen molar-refractivity contribution in [1.29, 1.82) is 0 Å². The van der Waals surface area contributed by atoms with Crippen LogP contribution in [0.15, 0.2) is 24.3 Å². The molecule has 1 aliphatic carbocycles. The zero-order valence-electron chi connectivity index (χ0n) is 9.37. The summed E-state index contributed by atoms with van der Waals surface area (Å²) in [6.07, 6.45) is 2.83. The number of carbonyl (C=O) groups is 1. The second kappa shape index (κ2) is 4.94. The summed E-state index contributed by atoms with van der Waals surface area (Å²) < 4.78 is 0. The summed E-state index contributed by atoms with van der Waals surface area (Å²) in [4.78, 5) is 11.8. The molecule has 0 saturated heterocycles. The van der Waals surface area contributed by atoms with Crippen LogP contribution in [0.2, 0.25) is 5.02 Å². The van der Waals surface area contributed by atoms with Gasteiger partial charge in [-0.05, 0) is 43.9 Å². The number of hydrogen-bond acceptors (Lipinski definition) is 3. The Morgan fingerprint density at radius 1 is 1.35 bits per heavy atom. The molecule has 0 unspecified atom stereocenters. The number of hydrogen-bond donors (Lipinski definition) is 3. The van der Waals surface area contributed by atoms with Crippen LogP contribution in [0, 0.1) is 0 Å². The number of hydrazine groups is 1. The average molecular weight is 255 g/mol. The third kappa shape index (κ3) is 2.90. The van der Waals surface area contributed by atoms with E-state index in [2.05, 4.69) is 10.9 Å². The van der Waals surface area contributed by atoms with E-state index >= 15 is 0 Å². The first-order chi connectivity index (χ1) is 8.10. The van der Waals surface area contributed by atoms with Crippen molar-refractivity contribution in [2.24, 2.45) is 0 Å². The van der Waals surface area contributed by atoms with Gasteiger partial charge in [-0.2, -0.15) is 0 Å². The summed E-state index contributed by atoms with van der Waals surface area (Å²) in [5, 5.41) is 10.6. The number of carbonyl (C=O) groups excluding carboxylic acids is 1. The first-order valence-electron chi connectivity index (χ1n) is 5.65. The quantitative estimate of drug-likeness (QED) is 0.724. The van der Waals surface area contributed by atoms with Crippen LogP contribution in [0.3, 0.4) is 0 Å². The molecule has 2 rings (SSSR count). The number of aliphatic hydroxyl groups is 1. The lowest BCUT2D eigenvalue weighted by Crippen LogP contribution is -2.46. The number of rotatable bonds is 3. The highest BCUT2D eigenvalue weighted by Gasteiger charge is 2.38. The van der Waals surface area contributed by atoms with Gasteiger partial charge in [-0.1, -0.05) is 17.7 Å². The molecule has 1 fully saturated rings. The van der Waals surface area contributed by atoms with Crippen molar-refractivity contribution >= 4 is 23.2 Å². The minimum Gasteiger partial charge on any atom is -0.380 e. The van der Waals surface area contributed by atoms with E-state index in [9.17, 15) is 9.90 Å². The van der Waals surface area contributed by atoms with Gasteiger partial charge in [0.05, 0.1) is 5.69 Å². The van der Waals surface area contributed by atoms with Crippen LogP contribution < -0.4 is 10.9 Å². The van der Waals surface area contributed by atoms with Crippen molar-refractivity contribution in [3.8, 4) is 0 Å². The van der Waals surface area contributed by atoms with Crippen LogP contribution in [0.1, 0.15) is 25.7 Å². The molecule has 92 valence electrons. The summed E-state index contributed by atoms with van der Waals surface area (Å²) >= 11 is 5.81. The molecule has 17 heavy (non-hydrogen) atoms. The molecule has 0 spiro atoms. The fraction of sp³-hybridized carbons (Fsp3) is 0.417. The molecule has 4 nitrogen and oxygen atoms in total. The number of nitrogens with one attached hydrogen (secondary N) is 2. The van der Waals surface area contributed by atoms with Crippen molar-refractivity contribution in [3.63, 3.8) is 0 Å². The molecule has 0 bridgehead atoms. The largest absolute Gasteiger partial charge is 0.380 e. The predicted molar refractivity (Wildman–Crippen MR) is 66.6 cm³/mol. The van der Waals surface area contributed by atoms with E-state index < -0.39 is 5.60 Å². The highest BCUT2D eigenvalue weighted by atomic mass is 35.5. The Bertz CT molecular complexity index is 417. The van der Waals surface area contributed by atoms with Crippen molar-refractivity contribution in [2.45, 2.75) is 31.3 Å². The van der Waals surface area contributed by atoms with Gasteiger partial charge < -0.3 is 5.11 Å². The molecule has 0 heterocycles. The molecule has 0 radical (unpaired) electrons. The molecule has 0 aliphatic heterocycles. The van der Waals surface area contributed by atoms with Gasteiger partial charge in [0.1, 0.15) is 5.60 Å². The lowest BCUT2D eigenvalue weighted by Gasteiger charge is -2.21. The average Bonchev–Trinajstić information content (AvgIpc) is 2.74. The second-order valence-electron chi connectivity index (χ2n) is 4.33. The van der Waals surface area contributed by atoms with Gasteiger partial charge in [0.2, 0.25) is 0 Å². The van der Waals surface area contributed by atoms with Crippen molar-refractivity contribution in [3.05, 3.63) is 29.3 Å². The lowest BCUT2D eigenvalue weighted by molar-refractivity contribution is -0.138. The first-order valence-corrected chi connectivity index (χ1v) is 6.02. The van der Waals surface area contributed by atoms with Crippen LogP contribution in [0.4, 0.5) is 5.69 Å². The van der Waals surface area contributed by atoms with Crippen LogP contribution in [-0.2, 0) is 4.79 Å². The highest BCUT2D eigenvalue weighted by molar-refractivity contribution is 6.30. The van der Waals surface area contributed by atoms with Gasteiger partial charge in [0.25, 0.3) is 5.91 Å². The molecule has 5 heteroatoms. The summed E-state index contributed by atoms with van der Waals surface area (Å²) in [5.41, 5.74) is 4.73. The highest BCUT2D eigenvalue weighted by Crippen LogP contribution is 2.29. The first kappa shape index (κ1) is 12.2. The maximum Gasteiger partial charge on any atom is 0.270 e. The van der Waals surface area contributed by atoms with Crippen LogP contribution in [-0.4, -0.2) is 16.6 Å². The molecule has 1 saturated carbocycles. The van der Waals surface area contributed by atoms with E-state index in [1.807, 2.05) is 0 Å². The van der Waals surface area contributed by atoms with E-state index in [1.165, 1.54) is 0 Å². The fourth-order valence-corrected chi connectivity index (χ4v) is 2.19. The summed E-state index contributed by atoms with van der Waals surface area (Å²) in [6, 6.07) is 7.01. The van der Waals surface area contributed by atoms with E-state index in [0.717, 1.165) is 12.8 Å². The van der Waals surface area contributed by atoms with Gasteiger partial charge >= 0.3 is 0 Å². The number of anilines is 1. The molecule has 3 N–H and O–H groups in total. The SMILES string of the molecule is O=C(NNc1cccc(Cl)c1)C1(O)CCCC1. The minimum absolute atomic E-state index is 0.380. The Balaban J connectivity index is 1.92. The molecule has 1 aromatic carbocycles. The fourth-order valence-electron chi connectivity index (χ4n) is 2.00. The Morgan fingerprint density at radius 3 is 2.71 bits per heavy atom. The Hall–Kier alpha value is -1.26. The number of benzene rings is 1. The minimum atomic E-state index is -1.22. The Morgan fingerprint density at radius 2 is 2.06 bits per heavy atom. The third-order valence-electron chi connectivity index (χ3n) is 3.00. The molecule has 1 aromatic rings. The molecular weight excluding hydrogens is 240 g/mol. The molecule has 0 atom stereocenters. The van der Waals surface area contributed by atoms with E-state index in [1.54, 1.807) is 24.3 Å². The monoisotopic (exact) mass is 254 g/mol. The maximum absolute atomic E-state index is 11.8. The maximum atomic E-state index is 11.8. The molecule has 0 aromatic heterocycles. The second-order valence-corrected chi connectivity index (χ2v) is 4.76. The molecular formula is C12H15ClN2O2. The van der Waals surface area contributed by atoms with Crippen molar-refractivity contribution in [1.82, 2.24) is 5.43 Å². The van der Waals surface area contributed by atoms with Gasteiger partial charge in [0.15, 0.2) is 0 Å². The third-order valence-corrected chi connectivity index (χ3v) is 3.23. The van der Waals surface area contributed by atoms with Crippen molar-refractivity contribution < 1.29 is 9.90 Å². The van der Waals surface area contributed by atoms with Crippen LogP contribution >= 0.6 is 11.6 Å². The standard InChI is InChI=1S/C12H15ClN2O2/c13-9-4-3-5-10(8-9)14-15-11(16)12(17)6-1-2-7-12/h3-5,8,14,17H,1-2,6-7H2,(H,15,16). The zero-order valence-corrected chi connectivity index (χ0v) is 10.1. The summed E-state index contributed by atoms with van der Waals surface area (Å²) in [6.45, 7) is 0. The van der Waals surface area contributed by atoms with Gasteiger partial charge in [-0.15, -0.1) is 0 Å². The van der Waals surface area contributed by atoms with Crippen LogP contribution in [0.5, 0.6) is 0 Å². The van der Waals surface area contributed by atoms with Gasteiger partial charge in [-0.25, -0.2) is 0 Å². The van der Waals surface area contributed by atoms with E-state index in [4.69, 9.17) is 11.6 Å². The van der Waals surface area contributed by atoms with E-state index in [0.29, 0.717) is 23.6 Å². The van der Waals surface area contributed by atoms with Gasteiger partial charge in [-0.3, -0.25) is 15.6 Å². The molecule has 1 aliphatic rings. The summed E-state index contributed by atoms with van der Waals surface area (Å²) in [5.74, 6) is -0.380. The number of halogens is 1. The molecule has 1 amide bonds. The normalized spacial score (nSPS) is 17.8. The Kier molecular flexibility index (Phi) is 3.54. The Labute approximate surface area is 105 Å². The summed E-state index contributed by atoms with van der Waals surface area (Å²) in [7, 11) is 0. The zero-order chi connectivity index (χ0) is 12.3. The van der Waals surface area contributed by atoms with Crippen molar-refractivity contribution in [2.75, 3.05) is 5.43 Å². The van der Waals surface area contributed by atoms with E-state index in [-0.39, 0.29) is 5.91 Å². The van der Waals surface area contributed by atoms with Crippen LogP contribution in [0.25, 0.3) is 0 Å². The predicted octanol–water partition coefficient (Wildman–Crippen LogP) is 2.09. The topological polar surface area (TPSA) is 61.4 Å². The van der Waals surface area contributed by atoms with Gasteiger partial charge in [0, 0.05) is 5.02 Å². The smallest absolute Gasteiger partial charge is 0.270 e. The number of amides is 1.